The van der Waals surface area contributed by atoms with Crippen molar-refractivity contribution in [1.82, 2.24) is 5.32 Å². The first-order chi connectivity index (χ1) is 12.9. The van der Waals surface area contributed by atoms with Gasteiger partial charge in [0.05, 0.1) is 25.4 Å². The Morgan fingerprint density at radius 1 is 1.07 bits per heavy atom. The average molecular weight is 371 g/mol. The van der Waals surface area contributed by atoms with Crippen molar-refractivity contribution < 1.29 is 24.2 Å². The molecule has 2 N–H and O–H groups in total. The fourth-order valence-corrected chi connectivity index (χ4v) is 2.51. The lowest BCUT2D eigenvalue weighted by Gasteiger charge is -2.11. The largest absolute Gasteiger partial charge is 0.496 e. The molecule has 27 heavy (non-hydrogen) atoms. The predicted octanol–water partition coefficient (Wildman–Crippen LogP) is 3.29. The summed E-state index contributed by atoms with van der Waals surface area (Å²) in [5.74, 6) is -0.665. The summed E-state index contributed by atoms with van der Waals surface area (Å²) in [5.41, 5.74) is 2.60. The van der Waals surface area contributed by atoms with Gasteiger partial charge in [-0.2, -0.15) is 0 Å². The molecule has 0 aliphatic carbocycles. The first-order valence-electron chi connectivity index (χ1n) is 8.79. The molecule has 2 aromatic rings. The number of hydrogen-bond donors (Lipinski definition) is 2. The van der Waals surface area contributed by atoms with Gasteiger partial charge in [0.1, 0.15) is 5.75 Å². The lowest BCUT2D eigenvalue weighted by Crippen LogP contribution is -2.25. The molecule has 2 aromatic carbocycles. The summed E-state index contributed by atoms with van der Waals surface area (Å²) in [6.07, 6.45) is 0.698. The van der Waals surface area contributed by atoms with E-state index in [2.05, 4.69) is 5.32 Å². The van der Waals surface area contributed by atoms with Crippen LogP contribution in [0.1, 0.15) is 45.7 Å². The molecule has 1 amide bonds. The zero-order chi connectivity index (χ0) is 19.8. The number of carbonyl (C=O) groups excluding carboxylic acids is 1. The SMILES string of the molecule is COc1cc(C(=O)O)ccc1CCNC(=O)c1ccc(COC(C)C)cc1. The van der Waals surface area contributed by atoms with Crippen LogP contribution in [0, 0.1) is 0 Å². The molecule has 0 saturated carbocycles. The Kier molecular flexibility index (Phi) is 7.37. The minimum Gasteiger partial charge on any atom is -0.496 e. The Hall–Kier alpha value is -2.86. The van der Waals surface area contributed by atoms with E-state index in [9.17, 15) is 9.59 Å². The highest BCUT2D eigenvalue weighted by molar-refractivity contribution is 5.94. The number of methoxy groups -OCH3 is 1. The van der Waals surface area contributed by atoms with Crippen molar-refractivity contribution in [1.29, 1.82) is 0 Å². The highest BCUT2D eigenvalue weighted by Gasteiger charge is 2.10. The monoisotopic (exact) mass is 371 g/mol. The first-order valence-corrected chi connectivity index (χ1v) is 8.79. The van der Waals surface area contributed by atoms with Gasteiger partial charge in [-0.15, -0.1) is 0 Å². The number of aromatic carboxylic acids is 1. The summed E-state index contributed by atoms with van der Waals surface area (Å²) < 4.78 is 10.8. The van der Waals surface area contributed by atoms with Crippen molar-refractivity contribution in [3.05, 3.63) is 64.7 Å². The van der Waals surface area contributed by atoms with E-state index in [0.29, 0.717) is 30.9 Å². The molecular weight excluding hydrogens is 346 g/mol. The smallest absolute Gasteiger partial charge is 0.335 e. The molecule has 0 aliphatic heterocycles. The zero-order valence-electron chi connectivity index (χ0n) is 15.8. The maximum Gasteiger partial charge on any atom is 0.335 e. The molecule has 0 saturated heterocycles. The van der Waals surface area contributed by atoms with E-state index in [-0.39, 0.29) is 17.6 Å². The Labute approximate surface area is 159 Å². The molecule has 6 heteroatoms. The Morgan fingerprint density at radius 3 is 2.33 bits per heavy atom. The quantitative estimate of drug-likeness (QED) is 0.706. The van der Waals surface area contributed by atoms with Gasteiger partial charge in [0.2, 0.25) is 0 Å². The minimum atomic E-state index is -1.00. The standard InChI is InChI=1S/C21H25NO5/c1-14(2)27-13-15-4-6-17(7-5-15)20(23)22-11-10-16-8-9-18(21(24)25)12-19(16)26-3/h4-9,12,14H,10-11,13H2,1-3H3,(H,22,23)(H,24,25). The number of ether oxygens (including phenoxy) is 2. The zero-order valence-corrected chi connectivity index (χ0v) is 15.8. The topological polar surface area (TPSA) is 84.9 Å². The van der Waals surface area contributed by atoms with Crippen LogP contribution in [-0.2, 0) is 17.8 Å². The van der Waals surface area contributed by atoms with Crippen LogP contribution in [0.4, 0.5) is 0 Å². The highest BCUT2D eigenvalue weighted by atomic mass is 16.5. The van der Waals surface area contributed by atoms with E-state index >= 15 is 0 Å². The van der Waals surface area contributed by atoms with Gasteiger partial charge in [-0.3, -0.25) is 4.79 Å². The number of amides is 1. The van der Waals surface area contributed by atoms with Crippen LogP contribution in [-0.4, -0.2) is 36.7 Å². The van der Waals surface area contributed by atoms with Crippen LogP contribution in [0.5, 0.6) is 5.75 Å². The number of nitrogens with one attached hydrogen (secondary N) is 1. The van der Waals surface area contributed by atoms with E-state index in [0.717, 1.165) is 11.1 Å². The normalized spacial score (nSPS) is 10.7. The van der Waals surface area contributed by atoms with Crippen molar-refractivity contribution in [3.63, 3.8) is 0 Å². The Balaban J connectivity index is 1.89. The minimum absolute atomic E-state index is 0.160. The van der Waals surface area contributed by atoms with Crippen molar-refractivity contribution >= 4 is 11.9 Å². The predicted molar refractivity (Wildman–Crippen MR) is 102 cm³/mol. The second-order valence-electron chi connectivity index (χ2n) is 6.39. The molecule has 0 atom stereocenters. The molecule has 144 valence electrons. The Bertz CT molecular complexity index is 784. The highest BCUT2D eigenvalue weighted by Crippen LogP contribution is 2.20. The number of carbonyl (C=O) groups is 2. The molecule has 0 fully saturated rings. The van der Waals surface area contributed by atoms with Gasteiger partial charge in [-0.05, 0) is 55.7 Å². The number of rotatable bonds is 9. The van der Waals surface area contributed by atoms with Crippen LogP contribution < -0.4 is 10.1 Å². The fraction of sp³-hybridized carbons (Fsp3) is 0.333. The van der Waals surface area contributed by atoms with E-state index in [1.54, 1.807) is 18.2 Å². The van der Waals surface area contributed by atoms with Crippen molar-refractivity contribution in [2.45, 2.75) is 33.0 Å². The van der Waals surface area contributed by atoms with Gasteiger partial charge in [0.25, 0.3) is 5.91 Å². The van der Waals surface area contributed by atoms with Gasteiger partial charge in [-0.25, -0.2) is 4.79 Å². The van der Waals surface area contributed by atoms with Crippen molar-refractivity contribution in [2.75, 3.05) is 13.7 Å². The molecule has 6 nitrogen and oxygen atoms in total. The van der Waals surface area contributed by atoms with Gasteiger partial charge in [0, 0.05) is 12.1 Å². The summed E-state index contributed by atoms with van der Waals surface area (Å²) in [5, 5.41) is 11.9. The van der Waals surface area contributed by atoms with Gasteiger partial charge in [0.15, 0.2) is 0 Å². The fourth-order valence-electron chi connectivity index (χ4n) is 2.51. The third kappa shape index (κ3) is 6.11. The number of benzene rings is 2. The second-order valence-corrected chi connectivity index (χ2v) is 6.39. The van der Waals surface area contributed by atoms with Crippen molar-refractivity contribution in [2.24, 2.45) is 0 Å². The third-order valence-electron chi connectivity index (χ3n) is 4.01. The molecule has 2 rings (SSSR count). The maximum atomic E-state index is 12.3. The van der Waals surface area contributed by atoms with Gasteiger partial charge < -0.3 is 19.9 Å². The van der Waals surface area contributed by atoms with Crippen LogP contribution in [0.3, 0.4) is 0 Å². The molecule has 0 aromatic heterocycles. The van der Waals surface area contributed by atoms with Crippen LogP contribution >= 0.6 is 0 Å². The molecule has 0 heterocycles. The molecule has 0 radical (unpaired) electrons. The van der Waals surface area contributed by atoms with Gasteiger partial charge >= 0.3 is 5.97 Å². The number of carboxylic acid groups (broad SMARTS) is 1. The third-order valence-corrected chi connectivity index (χ3v) is 4.01. The van der Waals surface area contributed by atoms with E-state index in [4.69, 9.17) is 14.6 Å². The van der Waals surface area contributed by atoms with E-state index < -0.39 is 5.97 Å². The number of hydrogen-bond acceptors (Lipinski definition) is 4. The maximum absolute atomic E-state index is 12.3. The molecule has 0 aliphatic rings. The number of carboxylic acids is 1. The van der Waals surface area contributed by atoms with Crippen molar-refractivity contribution in [3.8, 4) is 5.75 Å². The van der Waals surface area contributed by atoms with Crippen LogP contribution in [0.25, 0.3) is 0 Å². The van der Waals surface area contributed by atoms with E-state index in [1.807, 2.05) is 26.0 Å². The summed E-state index contributed by atoms with van der Waals surface area (Å²) in [6.45, 7) is 4.89. The lowest BCUT2D eigenvalue weighted by atomic mass is 10.1. The molecule has 0 unspecified atom stereocenters. The summed E-state index contributed by atoms with van der Waals surface area (Å²) in [6, 6.07) is 12.0. The molecule has 0 spiro atoms. The summed E-state index contributed by atoms with van der Waals surface area (Å²) in [7, 11) is 1.49. The van der Waals surface area contributed by atoms with Crippen LogP contribution in [0.15, 0.2) is 42.5 Å². The second kappa shape index (κ2) is 9.73. The molecular formula is C21H25NO5. The lowest BCUT2D eigenvalue weighted by molar-refractivity contribution is 0.0656. The average Bonchev–Trinajstić information content (AvgIpc) is 2.66. The van der Waals surface area contributed by atoms with E-state index in [1.165, 1.54) is 19.2 Å². The summed E-state index contributed by atoms with van der Waals surface area (Å²) in [4.78, 5) is 23.3. The van der Waals surface area contributed by atoms with Crippen LogP contribution in [0.2, 0.25) is 0 Å². The summed E-state index contributed by atoms with van der Waals surface area (Å²) >= 11 is 0. The molecule has 0 bridgehead atoms. The Morgan fingerprint density at radius 2 is 1.74 bits per heavy atom. The first kappa shape index (κ1) is 20.5. The van der Waals surface area contributed by atoms with Gasteiger partial charge in [-0.1, -0.05) is 18.2 Å².